The Morgan fingerprint density at radius 3 is 2.80 bits per heavy atom. The molecule has 0 saturated carbocycles. The maximum absolute atomic E-state index is 9.99. The predicted octanol–water partition coefficient (Wildman–Crippen LogP) is 0.435. The van der Waals surface area contributed by atoms with Gasteiger partial charge >= 0.3 is 5.95 Å². The quantitative estimate of drug-likeness (QED) is 0.385. The third-order valence-corrected chi connectivity index (χ3v) is 1.36. The van der Waals surface area contributed by atoms with E-state index in [0.29, 0.717) is 5.16 Å². The lowest BCUT2D eigenvalue weighted by Crippen LogP contribution is -1.88. The molecule has 0 aromatic carbocycles. The molecule has 0 aliphatic heterocycles. The normalized spacial score (nSPS) is 9.70. The number of H-pyrrole nitrogens is 1. The molecule has 54 valence electrons. The van der Waals surface area contributed by atoms with Gasteiger partial charge in [-0.25, -0.2) is 0 Å². The van der Waals surface area contributed by atoms with Crippen molar-refractivity contribution in [2.45, 2.75) is 5.16 Å². The number of hydrogen-bond acceptors (Lipinski definition) is 5. The fraction of sp³-hybridized carbons (Fsp3) is 0.333. The summed E-state index contributed by atoms with van der Waals surface area (Å²) in [7, 11) is 0. The van der Waals surface area contributed by atoms with Crippen LogP contribution in [0.25, 0.3) is 0 Å². The van der Waals surface area contributed by atoms with Crippen LogP contribution in [0.15, 0.2) is 5.16 Å². The van der Waals surface area contributed by atoms with Crippen molar-refractivity contribution in [2.75, 3.05) is 6.26 Å². The van der Waals surface area contributed by atoms with E-state index in [0.717, 1.165) is 0 Å². The van der Waals surface area contributed by atoms with E-state index in [-0.39, 0.29) is 5.95 Å². The molecule has 0 radical (unpaired) electrons. The molecule has 1 heterocycles. The molecule has 1 N–H and O–H groups in total. The maximum Gasteiger partial charge on any atom is 0.454 e. The van der Waals surface area contributed by atoms with Crippen LogP contribution in [0, 0.1) is 10.1 Å². The third-order valence-electron chi connectivity index (χ3n) is 0.809. The van der Waals surface area contributed by atoms with E-state index in [4.69, 9.17) is 0 Å². The highest BCUT2D eigenvalue weighted by Gasteiger charge is 2.11. The average Bonchev–Trinajstić information content (AvgIpc) is 2.34. The molecule has 7 heteroatoms. The van der Waals surface area contributed by atoms with Crippen molar-refractivity contribution in [2.24, 2.45) is 0 Å². The second-order valence-corrected chi connectivity index (χ2v) is 2.18. The second-order valence-electron chi connectivity index (χ2n) is 1.40. The molecule has 0 atom stereocenters. The van der Waals surface area contributed by atoms with Crippen LogP contribution in [-0.4, -0.2) is 26.4 Å². The summed E-state index contributed by atoms with van der Waals surface area (Å²) < 4.78 is 0. The van der Waals surface area contributed by atoms with E-state index in [9.17, 15) is 10.1 Å². The van der Waals surface area contributed by atoms with Crippen LogP contribution in [0.4, 0.5) is 5.95 Å². The van der Waals surface area contributed by atoms with Gasteiger partial charge in [0, 0.05) is 0 Å². The Labute approximate surface area is 60.2 Å². The first-order chi connectivity index (χ1) is 4.74. The minimum atomic E-state index is -0.618. The van der Waals surface area contributed by atoms with Gasteiger partial charge in [0.25, 0.3) is 5.16 Å². The summed E-state index contributed by atoms with van der Waals surface area (Å²) in [5, 5.41) is 16.1. The molecule has 10 heavy (non-hydrogen) atoms. The van der Waals surface area contributed by atoms with Crippen LogP contribution >= 0.6 is 11.8 Å². The van der Waals surface area contributed by atoms with Crippen molar-refractivity contribution < 1.29 is 4.92 Å². The van der Waals surface area contributed by atoms with Gasteiger partial charge in [-0.2, -0.15) is 0 Å². The predicted molar refractivity (Wildman–Crippen MR) is 34.8 cm³/mol. The second kappa shape index (κ2) is 2.65. The molecule has 0 spiro atoms. The SMILES string of the molecule is CSc1n[nH]c([N+](=O)[O-])n1. The van der Waals surface area contributed by atoms with Crippen molar-refractivity contribution in [1.82, 2.24) is 15.2 Å². The van der Waals surface area contributed by atoms with E-state index >= 15 is 0 Å². The number of nitrogens with zero attached hydrogens (tertiary/aromatic N) is 3. The lowest BCUT2D eigenvalue weighted by molar-refractivity contribution is -0.394. The Morgan fingerprint density at radius 1 is 1.80 bits per heavy atom. The molecular formula is C3H4N4O2S. The Balaban J connectivity index is 2.88. The first-order valence-electron chi connectivity index (χ1n) is 2.35. The summed E-state index contributed by atoms with van der Waals surface area (Å²) in [6.45, 7) is 0. The molecule has 0 amide bonds. The van der Waals surface area contributed by atoms with E-state index in [2.05, 4.69) is 15.2 Å². The van der Waals surface area contributed by atoms with Crippen LogP contribution < -0.4 is 0 Å². The number of hydrogen-bond donors (Lipinski definition) is 1. The zero-order chi connectivity index (χ0) is 7.56. The van der Waals surface area contributed by atoms with Gasteiger partial charge in [-0.1, -0.05) is 16.9 Å². The maximum atomic E-state index is 9.99. The van der Waals surface area contributed by atoms with Gasteiger partial charge in [-0.3, -0.25) is 0 Å². The van der Waals surface area contributed by atoms with E-state index < -0.39 is 4.92 Å². The van der Waals surface area contributed by atoms with Gasteiger partial charge in [0.2, 0.25) is 0 Å². The molecule has 0 unspecified atom stereocenters. The van der Waals surface area contributed by atoms with Crippen molar-refractivity contribution >= 4 is 17.7 Å². The molecule has 6 nitrogen and oxygen atoms in total. The largest absolute Gasteiger partial charge is 0.454 e. The first-order valence-corrected chi connectivity index (χ1v) is 3.57. The van der Waals surface area contributed by atoms with Gasteiger partial charge in [0.05, 0.1) is 0 Å². The zero-order valence-electron chi connectivity index (χ0n) is 5.07. The summed E-state index contributed by atoms with van der Waals surface area (Å²) in [6, 6.07) is 0. The van der Waals surface area contributed by atoms with E-state index in [1.54, 1.807) is 6.26 Å². The number of nitro groups is 1. The van der Waals surface area contributed by atoms with Crippen LogP contribution in [0.2, 0.25) is 0 Å². The summed E-state index contributed by atoms with van der Waals surface area (Å²) in [5.74, 6) is -0.315. The Bertz CT molecular complexity index is 246. The smallest absolute Gasteiger partial charge is 0.390 e. The number of rotatable bonds is 2. The van der Waals surface area contributed by atoms with Crippen molar-refractivity contribution in [1.29, 1.82) is 0 Å². The van der Waals surface area contributed by atoms with Gasteiger partial charge in [-0.05, 0) is 16.2 Å². The molecule has 0 saturated heterocycles. The standard InChI is InChI=1S/C3H4N4O2S/c1-10-3-4-2(5-6-3)7(8)9/h1H3,(H,4,5,6). The monoisotopic (exact) mass is 160 g/mol. The minimum Gasteiger partial charge on any atom is -0.390 e. The lowest BCUT2D eigenvalue weighted by atomic mass is 11.1. The van der Waals surface area contributed by atoms with Crippen LogP contribution in [0.5, 0.6) is 0 Å². The highest BCUT2D eigenvalue weighted by Crippen LogP contribution is 2.10. The van der Waals surface area contributed by atoms with Crippen LogP contribution in [0.3, 0.4) is 0 Å². The fourth-order valence-electron chi connectivity index (χ4n) is 0.411. The Hall–Kier alpha value is -1.11. The molecule has 0 aliphatic rings. The molecular weight excluding hydrogens is 156 g/mol. The zero-order valence-corrected chi connectivity index (χ0v) is 5.88. The van der Waals surface area contributed by atoms with E-state index in [1.165, 1.54) is 11.8 Å². The van der Waals surface area contributed by atoms with Gasteiger partial charge in [0.15, 0.2) is 0 Å². The summed E-state index contributed by atoms with van der Waals surface area (Å²) in [4.78, 5) is 12.9. The first kappa shape index (κ1) is 7.00. The molecule has 0 bridgehead atoms. The van der Waals surface area contributed by atoms with Crippen molar-refractivity contribution in [3.63, 3.8) is 0 Å². The van der Waals surface area contributed by atoms with Crippen molar-refractivity contribution in [3.8, 4) is 0 Å². The van der Waals surface area contributed by atoms with Crippen LogP contribution in [0.1, 0.15) is 0 Å². The molecule has 1 aromatic heterocycles. The number of aromatic amines is 1. The third kappa shape index (κ3) is 1.24. The highest BCUT2D eigenvalue weighted by molar-refractivity contribution is 7.98. The minimum absolute atomic E-state index is 0.315. The molecule has 1 aromatic rings. The lowest BCUT2D eigenvalue weighted by Gasteiger charge is -1.83. The highest BCUT2D eigenvalue weighted by atomic mass is 32.2. The summed E-state index contributed by atoms with van der Waals surface area (Å²) >= 11 is 1.25. The number of nitrogens with one attached hydrogen (secondary N) is 1. The van der Waals surface area contributed by atoms with Gasteiger partial charge < -0.3 is 10.1 Å². The summed E-state index contributed by atoms with van der Waals surface area (Å²) in [5.41, 5.74) is 0. The number of aromatic nitrogens is 3. The summed E-state index contributed by atoms with van der Waals surface area (Å²) in [6.07, 6.45) is 1.74. The molecule has 0 aliphatic carbocycles. The van der Waals surface area contributed by atoms with Gasteiger partial charge in [-0.15, -0.1) is 5.10 Å². The van der Waals surface area contributed by atoms with Crippen LogP contribution in [-0.2, 0) is 0 Å². The Morgan fingerprint density at radius 2 is 2.50 bits per heavy atom. The van der Waals surface area contributed by atoms with E-state index in [1.807, 2.05) is 0 Å². The molecule has 0 fully saturated rings. The Kier molecular flexibility index (Phi) is 1.86. The van der Waals surface area contributed by atoms with Crippen molar-refractivity contribution in [3.05, 3.63) is 10.1 Å². The number of thioether (sulfide) groups is 1. The topological polar surface area (TPSA) is 84.7 Å². The fourth-order valence-corrected chi connectivity index (χ4v) is 0.726. The molecule has 1 rings (SSSR count). The average molecular weight is 160 g/mol. The van der Waals surface area contributed by atoms with Gasteiger partial charge in [0.1, 0.15) is 0 Å².